The molecule has 8 heteroatoms. The third-order valence-corrected chi connectivity index (χ3v) is 6.06. The molecule has 0 spiro atoms. The molecule has 32 heavy (non-hydrogen) atoms. The number of halogens is 3. The van der Waals surface area contributed by atoms with Gasteiger partial charge in [0.25, 0.3) is 11.7 Å². The molecule has 1 saturated heterocycles. The van der Waals surface area contributed by atoms with Gasteiger partial charge in [0, 0.05) is 24.5 Å². The van der Waals surface area contributed by atoms with E-state index in [9.17, 15) is 19.1 Å². The molecule has 5 nitrogen and oxygen atoms in total. The van der Waals surface area contributed by atoms with Gasteiger partial charge in [0.05, 0.1) is 21.7 Å². The zero-order valence-corrected chi connectivity index (χ0v) is 18.4. The van der Waals surface area contributed by atoms with Crippen molar-refractivity contribution < 1.29 is 19.1 Å². The van der Waals surface area contributed by atoms with Crippen LogP contribution < -0.4 is 0 Å². The Kier molecular flexibility index (Phi) is 6.00. The summed E-state index contributed by atoms with van der Waals surface area (Å²) in [6, 6.07) is 11.4. The fraction of sp³-hybridized carbons (Fsp3) is 0.125. The van der Waals surface area contributed by atoms with Crippen LogP contribution in [0.4, 0.5) is 4.39 Å². The van der Waals surface area contributed by atoms with E-state index >= 15 is 0 Å². The summed E-state index contributed by atoms with van der Waals surface area (Å²) in [6.07, 6.45) is 3.18. The molecule has 0 radical (unpaired) electrons. The van der Waals surface area contributed by atoms with Crippen LogP contribution in [0.2, 0.25) is 10.0 Å². The first-order valence-electron chi connectivity index (χ1n) is 9.66. The Balaban J connectivity index is 1.90. The number of benzene rings is 2. The van der Waals surface area contributed by atoms with Crippen LogP contribution in [0.15, 0.2) is 66.5 Å². The normalized spacial score (nSPS) is 17.8. The zero-order valence-electron chi connectivity index (χ0n) is 16.8. The van der Waals surface area contributed by atoms with Crippen molar-refractivity contribution in [3.63, 3.8) is 0 Å². The van der Waals surface area contributed by atoms with Crippen molar-refractivity contribution in [2.75, 3.05) is 0 Å². The van der Waals surface area contributed by atoms with Crippen molar-refractivity contribution in [2.24, 2.45) is 0 Å². The molecule has 1 aliphatic rings. The van der Waals surface area contributed by atoms with E-state index in [2.05, 4.69) is 4.98 Å². The van der Waals surface area contributed by atoms with E-state index in [4.69, 9.17) is 23.2 Å². The summed E-state index contributed by atoms with van der Waals surface area (Å²) < 4.78 is 14.1. The lowest BCUT2D eigenvalue weighted by atomic mass is 9.95. The zero-order chi connectivity index (χ0) is 23.0. The van der Waals surface area contributed by atoms with Crippen LogP contribution in [0.3, 0.4) is 0 Å². The van der Waals surface area contributed by atoms with E-state index in [-0.39, 0.29) is 22.7 Å². The smallest absolute Gasteiger partial charge is 0.295 e. The Morgan fingerprint density at radius 1 is 1.12 bits per heavy atom. The average molecular weight is 471 g/mol. The number of carbonyl (C=O) groups is 2. The number of rotatable bonds is 4. The number of hydrogen-bond donors (Lipinski definition) is 1. The molecular formula is C24H17Cl2FN2O3. The Morgan fingerprint density at radius 2 is 1.91 bits per heavy atom. The minimum Gasteiger partial charge on any atom is -0.507 e. The third-order valence-electron chi connectivity index (χ3n) is 5.32. The quantitative estimate of drug-likeness (QED) is 0.312. The van der Waals surface area contributed by atoms with Gasteiger partial charge in [0.1, 0.15) is 11.6 Å². The van der Waals surface area contributed by atoms with Crippen molar-refractivity contribution in [3.05, 3.63) is 105 Å². The molecule has 1 fully saturated rings. The monoisotopic (exact) mass is 470 g/mol. The number of Topliss-reactive ketones (excluding diaryl/α,β-unsaturated/α-hetero) is 1. The van der Waals surface area contributed by atoms with Crippen molar-refractivity contribution >= 4 is 40.7 Å². The molecule has 0 bridgehead atoms. The first-order valence-corrected chi connectivity index (χ1v) is 10.4. The van der Waals surface area contributed by atoms with Crippen LogP contribution >= 0.6 is 23.2 Å². The van der Waals surface area contributed by atoms with Gasteiger partial charge in [-0.25, -0.2) is 4.39 Å². The lowest BCUT2D eigenvalue weighted by molar-refractivity contribution is -0.140. The van der Waals surface area contributed by atoms with E-state index in [0.717, 1.165) is 6.07 Å². The number of aromatic nitrogens is 1. The SMILES string of the molecule is Cc1ccc(C(O)=C2C(=O)C(=O)N(Cc3cccnc3)[C@H]2c2ccc(Cl)c(Cl)c2)cc1F. The van der Waals surface area contributed by atoms with Gasteiger partial charge in [0.15, 0.2) is 0 Å². The standard InChI is InChI=1S/C24H17Cl2FN2O3/c1-13-4-5-16(10-19(13)27)22(30)20-21(15-6-7-17(25)18(26)9-15)29(24(32)23(20)31)12-14-3-2-8-28-11-14/h2-11,21,30H,12H2,1H3/t21-/m0/s1. The second-order valence-electron chi connectivity index (χ2n) is 7.43. The molecule has 0 saturated carbocycles. The number of pyridine rings is 1. The number of amides is 1. The van der Waals surface area contributed by atoms with E-state index < -0.39 is 29.3 Å². The molecule has 162 valence electrons. The molecule has 0 unspecified atom stereocenters. The number of nitrogens with zero attached hydrogens (tertiary/aromatic N) is 2. The summed E-state index contributed by atoms with van der Waals surface area (Å²) in [7, 11) is 0. The highest BCUT2D eigenvalue weighted by Crippen LogP contribution is 2.41. The van der Waals surface area contributed by atoms with Gasteiger partial charge >= 0.3 is 0 Å². The molecule has 1 N–H and O–H groups in total. The molecule has 1 aliphatic heterocycles. The molecular weight excluding hydrogens is 454 g/mol. The molecule has 1 atom stereocenters. The predicted molar refractivity (Wildman–Crippen MR) is 120 cm³/mol. The minimum absolute atomic E-state index is 0.0718. The molecule has 2 heterocycles. The second-order valence-corrected chi connectivity index (χ2v) is 8.24. The maximum Gasteiger partial charge on any atom is 0.295 e. The van der Waals surface area contributed by atoms with E-state index in [1.807, 2.05) is 0 Å². The number of ketones is 1. The van der Waals surface area contributed by atoms with E-state index in [1.165, 1.54) is 17.0 Å². The van der Waals surface area contributed by atoms with Crippen molar-refractivity contribution in [3.8, 4) is 0 Å². The highest BCUT2D eigenvalue weighted by Gasteiger charge is 2.46. The van der Waals surface area contributed by atoms with Crippen LogP contribution in [0.1, 0.15) is 28.3 Å². The molecule has 1 aromatic heterocycles. The van der Waals surface area contributed by atoms with Crippen LogP contribution in [-0.2, 0) is 16.1 Å². The first-order chi connectivity index (χ1) is 15.3. The van der Waals surface area contributed by atoms with Crippen LogP contribution in [0.5, 0.6) is 0 Å². The van der Waals surface area contributed by atoms with Crippen molar-refractivity contribution in [1.82, 2.24) is 9.88 Å². The molecule has 0 aliphatic carbocycles. The second kappa shape index (κ2) is 8.73. The van der Waals surface area contributed by atoms with Crippen molar-refractivity contribution in [1.29, 1.82) is 0 Å². The van der Waals surface area contributed by atoms with Gasteiger partial charge < -0.3 is 10.0 Å². The van der Waals surface area contributed by atoms with Gasteiger partial charge in [-0.3, -0.25) is 14.6 Å². The summed E-state index contributed by atoms with van der Waals surface area (Å²) in [4.78, 5) is 31.4. The third kappa shape index (κ3) is 3.99. The molecule has 1 amide bonds. The highest BCUT2D eigenvalue weighted by molar-refractivity contribution is 6.46. The summed E-state index contributed by atoms with van der Waals surface area (Å²) in [6.45, 7) is 1.66. The van der Waals surface area contributed by atoms with Gasteiger partial charge in [-0.2, -0.15) is 0 Å². The molecule has 2 aromatic carbocycles. The highest BCUT2D eigenvalue weighted by atomic mass is 35.5. The summed E-state index contributed by atoms with van der Waals surface area (Å²) >= 11 is 12.2. The molecule has 3 aromatic rings. The molecule has 4 rings (SSSR count). The van der Waals surface area contributed by atoms with Gasteiger partial charge in [-0.05, 0) is 47.9 Å². The summed E-state index contributed by atoms with van der Waals surface area (Å²) in [5.41, 5.74) is 1.51. The Labute approximate surface area is 193 Å². The summed E-state index contributed by atoms with van der Waals surface area (Å²) in [5, 5.41) is 11.5. The van der Waals surface area contributed by atoms with Crippen molar-refractivity contribution in [2.45, 2.75) is 19.5 Å². The largest absolute Gasteiger partial charge is 0.507 e. The Morgan fingerprint density at radius 3 is 2.56 bits per heavy atom. The summed E-state index contributed by atoms with van der Waals surface area (Å²) in [5.74, 6) is -2.67. The number of aryl methyl sites for hydroxylation is 1. The van der Waals surface area contributed by atoms with E-state index in [0.29, 0.717) is 21.7 Å². The van der Waals surface area contributed by atoms with Gasteiger partial charge in [-0.15, -0.1) is 0 Å². The lowest BCUT2D eigenvalue weighted by Gasteiger charge is -2.25. The van der Waals surface area contributed by atoms with Gasteiger partial charge in [-0.1, -0.05) is 47.5 Å². The van der Waals surface area contributed by atoms with Crippen LogP contribution in [-0.4, -0.2) is 26.7 Å². The Bertz CT molecular complexity index is 1260. The van der Waals surface area contributed by atoms with Crippen LogP contribution in [0, 0.1) is 12.7 Å². The van der Waals surface area contributed by atoms with E-state index in [1.54, 1.807) is 49.6 Å². The number of aliphatic hydroxyl groups is 1. The maximum absolute atomic E-state index is 14.1. The Hall–Kier alpha value is -3.22. The fourth-order valence-electron chi connectivity index (χ4n) is 3.66. The van der Waals surface area contributed by atoms with Crippen LogP contribution in [0.25, 0.3) is 5.76 Å². The number of hydrogen-bond acceptors (Lipinski definition) is 4. The first kappa shape index (κ1) is 22.0. The fourth-order valence-corrected chi connectivity index (χ4v) is 3.96. The lowest BCUT2D eigenvalue weighted by Crippen LogP contribution is -2.29. The topological polar surface area (TPSA) is 70.5 Å². The minimum atomic E-state index is -0.950. The average Bonchev–Trinajstić information content (AvgIpc) is 3.02. The predicted octanol–water partition coefficient (Wildman–Crippen LogP) is 5.46. The number of carbonyl (C=O) groups excluding carboxylic acids is 2. The number of likely N-dealkylation sites (tertiary alicyclic amines) is 1. The number of aliphatic hydroxyl groups excluding tert-OH is 1. The van der Waals surface area contributed by atoms with Gasteiger partial charge in [0.2, 0.25) is 0 Å². The maximum atomic E-state index is 14.1.